The van der Waals surface area contributed by atoms with Crippen molar-refractivity contribution in [2.24, 2.45) is 5.92 Å². The monoisotopic (exact) mass is 337 g/mol. The number of hydrogen-bond donors (Lipinski definition) is 1. The molecule has 1 fully saturated rings. The first kappa shape index (κ1) is 16.0. The highest BCUT2D eigenvalue weighted by molar-refractivity contribution is 7.89. The van der Waals surface area contributed by atoms with Crippen molar-refractivity contribution in [3.05, 3.63) is 30.6 Å². The molecule has 0 spiro atoms. The van der Waals surface area contributed by atoms with E-state index in [2.05, 4.69) is 20.2 Å². The molecule has 0 aliphatic carbocycles. The van der Waals surface area contributed by atoms with Crippen LogP contribution in [0.5, 0.6) is 0 Å². The van der Waals surface area contributed by atoms with Gasteiger partial charge in [0.1, 0.15) is 6.33 Å². The molecule has 3 rings (SSSR count). The Morgan fingerprint density at radius 3 is 3.04 bits per heavy atom. The first-order chi connectivity index (χ1) is 11.0. The predicted octanol–water partition coefficient (Wildman–Crippen LogP) is 0.756. The van der Waals surface area contributed by atoms with Gasteiger partial charge in [0, 0.05) is 13.2 Å². The minimum atomic E-state index is -3.56. The maximum atomic E-state index is 12.5. The van der Waals surface area contributed by atoms with Crippen LogP contribution in [0.2, 0.25) is 0 Å². The van der Waals surface area contributed by atoms with E-state index >= 15 is 0 Å². The molecule has 1 aliphatic rings. The molecule has 1 aromatic heterocycles. The van der Waals surface area contributed by atoms with Crippen molar-refractivity contribution in [2.45, 2.75) is 30.8 Å². The molecular weight excluding hydrogens is 318 g/mol. The number of benzene rings is 1. The van der Waals surface area contributed by atoms with Gasteiger partial charge in [0.05, 0.1) is 16.7 Å². The van der Waals surface area contributed by atoms with Crippen LogP contribution >= 0.6 is 0 Å². The minimum Gasteiger partial charge on any atom is -0.378 e. The summed E-state index contributed by atoms with van der Waals surface area (Å²) in [5.74, 6) is 0.302. The van der Waals surface area contributed by atoms with Crippen molar-refractivity contribution in [3.63, 3.8) is 0 Å². The summed E-state index contributed by atoms with van der Waals surface area (Å²) in [7, 11) is -3.56. The Hall–Kier alpha value is -1.84. The van der Waals surface area contributed by atoms with Gasteiger partial charge >= 0.3 is 0 Å². The van der Waals surface area contributed by atoms with Gasteiger partial charge in [0.15, 0.2) is 0 Å². The van der Waals surface area contributed by atoms with Crippen molar-refractivity contribution < 1.29 is 13.2 Å². The molecule has 2 heterocycles. The Morgan fingerprint density at radius 2 is 2.30 bits per heavy atom. The maximum absolute atomic E-state index is 12.5. The second kappa shape index (κ2) is 6.73. The first-order valence-electron chi connectivity index (χ1n) is 7.49. The van der Waals surface area contributed by atoms with Crippen LogP contribution in [-0.4, -0.2) is 47.9 Å². The Kier molecular flexibility index (Phi) is 4.69. The summed E-state index contributed by atoms with van der Waals surface area (Å²) < 4.78 is 34.5. The highest BCUT2D eigenvalue weighted by Crippen LogP contribution is 2.20. The number of nitrogens with zero attached hydrogens (tertiary/aromatic N) is 4. The van der Waals surface area contributed by atoms with E-state index in [0.717, 1.165) is 12.8 Å². The van der Waals surface area contributed by atoms with E-state index in [-0.39, 0.29) is 11.0 Å². The second-order valence-electron chi connectivity index (χ2n) is 5.68. The lowest BCUT2D eigenvalue weighted by molar-refractivity contribution is 0.00397. The number of tetrazole rings is 1. The van der Waals surface area contributed by atoms with Crippen LogP contribution in [0.1, 0.15) is 19.8 Å². The van der Waals surface area contributed by atoms with Crippen molar-refractivity contribution in [3.8, 4) is 5.69 Å². The molecule has 8 nitrogen and oxygen atoms in total. The number of nitrogens with one attached hydrogen (secondary N) is 1. The van der Waals surface area contributed by atoms with E-state index in [4.69, 9.17) is 4.74 Å². The van der Waals surface area contributed by atoms with E-state index in [1.807, 2.05) is 6.92 Å². The minimum absolute atomic E-state index is 0.182. The summed E-state index contributed by atoms with van der Waals surface area (Å²) >= 11 is 0. The second-order valence-corrected chi connectivity index (χ2v) is 7.44. The molecule has 9 heteroatoms. The van der Waals surface area contributed by atoms with E-state index < -0.39 is 10.0 Å². The molecule has 0 bridgehead atoms. The van der Waals surface area contributed by atoms with Gasteiger partial charge in [-0.05, 0) is 54.3 Å². The highest BCUT2D eigenvalue weighted by atomic mass is 32.2. The predicted molar refractivity (Wildman–Crippen MR) is 82.5 cm³/mol. The topological polar surface area (TPSA) is 99.0 Å². The Bertz CT molecular complexity index is 748. The summed E-state index contributed by atoms with van der Waals surface area (Å²) in [5, 5.41) is 10.9. The molecular formula is C14H19N5O3S. The molecule has 1 aliphatic heterocycles. The van der Waals surface area contributed by atoms with Crippen LogP contribution in [0.15, 0.2) is 35.5 Å². The largest absolute Gasteiger partial charge is 0.378 e. The SMILES string of the molecule is C[C@H]1C[C@@H](CNS(=O)(=O)c2cccc(-n3cnnn3)c2)CCO1. The Balaban J connectivity index is 1.71. The number of ether oxygens (including phenoxy) is 1. The fourth-order valence-corrected chi connectivity index (χ4v) is 3.82. The van der Waals surface area contributed by atoms with Gasteiger partial charge in [-0.15, -0.1) is 5.10 Å². The van der Waals surface area contributed by atoms with E-state index in [0.29, 0.717) is 24.8 Å². The normalized spacial score (nSPS) is 22.1. The van der Waals surface area contributed by atoms with Crippen LogP contribution in [-0.2, 0) is 14.8 Å². The summed E-state index contributed by atoms with van der Waals surface area (Å²) in [5.41, 5.74) is 0.595. The summed E-state index contributed by atoms with van der Waals surface area (Å²) in [6.45, 7) is 3.11. The van der Waals surface area contributed by atoms with Crippen LogP contribution in [0.25, 0.3) is 5.69 Å². The number of aromatic nitrogens is 4. The average Bonchev–Trinajstić information content (AvgIpc) is 3.08. The quantitative estimate of drug-likeness (QED) is 0.864. The van der Waals surface area contributed by atoms with Gasteiger partial charge < -0.3 is 4.74 Å². The van der Waals surface area contributed by atoms with Crippen molar-refractivity contribution in [1.82, 2.24) is 24.9 Å². The third-order valence-corrected chi connectivity index (χ3v) is 5.32. The van der Waals surface area contributed by atoms with Crippen LogP contribution < -0.4 is 4.72 Å². The third kappa shape index (κ3) is 3.92. The van der Waals surface area contributed by atoms with Gasteiger partial charge in [-0.25, -0.2) is 17.8 Å². The lowest BCUT2D eigenvalue weighted by Gasteiger charge is -2.27. The smallest absolute Gasteiger partial charge is 0.240 e. The van der Waals surface area contributed by atoms with Gasteiger partial charge in [0.25, 0.3) is 0 Å². The van der Waals surface area contributed by atoms with Crippen molar-refractivity contribution in [2.75, 3.05) is 13.2 Å². The highest BCUT2D eigenvalue weighted by Gasteiger charge is 2.22. The number of sulfonamides is 1. The molecule has 1 aromatic carbocycles. The Morgan fingerprint density at radius 1 is 1.43 bits per heavy atom. The zero-order valence-corrected chi connectivity index (χ0v) is 13.6. The fourth-order valence-electron chi connectivity index (χ4n) is 2.66. The van der Waals surface area contributed by atoms with Crippen LogP contribution in [0, 0.1) is 5.92 Å². The average molecular weight is 337 g/mol. The third-order valence-electron chi connectivity index (χ3n) is 3.90. The molecule has 1 N–H and O–H groups in total. The summed E-state index contributed by atoms with van der Waals surface area (Å²) in [6.07, 6.45) is 3.34. The molecule has 1 saturated heterocycles. The standard InChI is InChI=1S/C14H19N5O3S/c1-11-7-12(5-6-22-11)9-16-23(20,21)14-4-2-3-13(8-14)19-10-15-17-18-19/h2-4,8,10-12,16H,5-7,9H2,1H3/t11-,12-/m0/s1. The fraction of sp³-hybridized carbons (Fsp3) is 0.500. The molecule has 0 unspecified atom stereocenters. The van der Waals surface area contributed by atoms with E-state index in [1.165, 1.54) is 11.0 Å². The Labute approximate surface area is 134 Å². The zero-order chi connectivity index (χ0) is 16.3. The molecule has 0 saturated carbocycles. The summed E-state index contributed by atoms with van der Waals surface area (Å²) in [4.78, 5) is 0.200. The van der Waals surface area contributed by atoms with Crippen molar-refractivity contribution >= 4 is 10.0 Å². The molecule has 0 amide bonds. The maximum Gasteiger partial charge on any atom is 0.240 e. The number of rotatable bonds is 5. The zero-order valence-electron chi connectivity index (χ0n) is 12.8. The lowest BCUT2D eigenvalue weighted by Crippen LogP contribution is -2.34. The summed E-state index contributed by atoms with van der Waals surface area (Å²) in [6, 6.07) is 6.52. The molecule has 2 atom stereocenters. The molecule has 0 radical (unpaired) electrons. The van der Waals surface area contributed by atoms with Crippen LogP contribution in [0.3, 0.4) is 0 Å². The molecule has 124 valence electrons. The number of hydrogen-bond acceptors (Lipinski definition) is 6. The first-order valence-corrected chi connectivity index (χ1v) is 8.97. The van der Waals surface area contributed by atoms with Gasteiger partial charge in [0.2, 0.25) is 10.0 Å². The van der Waals surface area contributed by atoms with Crippen LogP contribution in [0.4, 0.5) is 0 Å². The van der Waals surface area contributed by atoms with E-state index in [1.54, 1.807) is 24.3 Å². The van der Waals surface area contributed by atoms with Crippen molar-refractivity contribution in [1.29, 1.82) is 0 Å². The van der Waals surface area contributed by atoms with Gasteiger partial charge in [-0.2, -0.15) is 0 Å². The van der Waals surface area contributed by atoms with Gasteiger partial charge in [-0.3, -0.25) is 0 Å². The lowest BCUT2D eigenvalue weighted by atomic mass is 9.97. The molecule has 2 aromatic rings. The van der Waals surface area contributed by atoms with Gasteiger partial charge in [-0.1, -0.05) is 6.07 Å². The molecule has 23 heavy (non-hydrogen) atoms. The van der Waals surface area contributed by atoms with E-state index in [9.17, 15) is 8.42 Å².